The molecule has 7 nitrogen and oxygen atoms in total. The van der Waals surface area contributed by atoms with Crippen LogP contribution in [0.15, 0.2) is 47.3 Å². The fourth-order valence-electron chi connectivity index (χ4n) is 5.41. The van der Waals surface area contributed by atoms with Crippen LogP contribution in [0.2, 0.25) is 0 Å². The van der Waals surface area contributed by atoms with E-state index in [-0.39, 0.29) is 23.8 Å². The van der Waals surface area contributed by atoms with Crippen molar-refractivity contribution in [3.05, 3.63) is 75.3 Å². The maximum Gasteiger partial charge on any atom is 0.416 e. The molecule has 190 valence electrons. The largest absolute Gasteiger partial charge is 0.494 e. The van der Waals surface area contributed by atoms with Gasteiger partial charge in [0.2, 0.25) is 0 Å². The summed E-state index contributed by atoms with van der Waals surface area (Å²) in [6, 6.07) is 10.6. The molecule has 0 bridgehead atoms. The molecule has 5 rings (SSSR count). The fraction of sp³-hybridized carbons (Fsp3) is 0.385. The topological polar surface area (TPSA) is 57.2 Å². The monoisotopic (exact) mass is 499 g/mol. The summed E-state index contributed by atoms with van der Waals surface area (Å²) in [6.45, 7) is 5.12. The van der Waals surface area contributed by atoms with Crippen molar-refractivity contribution in [1.82, 2.24) is 18.9 Å². The number of rotatable bonds is 5. The highest BCUT2D eigenvalue weighted by molar-refractivity contribution is 5.83. The summed E-state index contributed by atoms with van der Waals surface area (Å²) in [4.78, 5) is 16.1. The van der Waals surface area contributed by atoms with Gasteiger partial charge >= 0.3 is 11.9 Å². The van der Waals surface area contributed by atoms with Gasteiger partial charge in [-0.2, -0.15) is 18.3 Å². The molecule has 0 aliphatic carbocycles. The number of hydrogen-bond donors (Lipinski definition) is 0. The molecule has 0 unspecified atom stereocenters. The Balaban J connectivity index is 1.61. The van der Waals surface area contributed by atoms with Gasteiger partial charge in [-0.15, -0.1) is 0 Å². The van der Waals surface area contributed by atoms with Gasteiger partial charge in [-0.3, -0.25) is 13.8 Å². The lowest BCUT2D eigenvalue weighted by Gasteiger charge is -2.20. The molecule has 0 spiro atoms. The second-order valence-electron chi connectivity index (χ2n) is 9.27. The molecule has 2 aromatic heterocycles. The number of alkyl halides is 3. The Bertz CT molecular complexity index is 1500. The molecular formula is C26H28F3N5O2. The lowest BCUT2D eigenvalue weighted by molar-refractivity contribution is -0.138. The molecule has 4 aromatic rings. The average molecular weight is 500 g/mol. The molecule has 1 fully saturated rings. The van der Waals surface area contributed by atoms with Crippen molar-refractivity contribution in [2.24, 2.45) is 7.05 Å². The average Bonchev–Trinajstić information content (AvgIpc) is 3.48. The third kappa shape index (κ3) is 3.84. The van der Waals surface area contributed by atoms with Crippen LogP contribution >= 0.6 is 0 Å². The number of fused-ring (bicyclic) bond motifs is 1. The van der Waals surface area contributed by atoms with Gasteiger partial charge in [-0.25, -0.2) is 4.79 Å². The number of ether oxygens (including phenoxy) is 1. The van der Waals surface area contributed by atoms with Gasteiger partial charge in [0.1, 0.15) is 17.1 Å². The predicted octanol–water partition coefficient (Wildman–Crippen LogP) is 4.68. The summed E-state index contributed by atoms with van der Waals surface area (Å²) in [7, 11) is 3.40. The Kier molecular flexibility index (Phi) is 5.84. The zero-order valence-corrected chi connectivity index (χ0v) is 20.6. The van der Waals surface area contributed by atoms with Crippen LogP contribution in [0, 0.1) is 13.8 Å². The summed E-state index contributed by atoms with van der Waals surface area (Å²) in [5.74, 6) is 1.46. The van der Waals surface area contributed by atoms with Crippen molar-refractivity contribution < 1.29 is 17.9 Å². The van der Waals surface area contributed by atoms with E-state index >= 15 is 0 Å². The van der Waals surface area contributed by atoms with Gasteiger partial charge in [0.15, 0.2) is 0 Å². The van der Waals surface area contributed by atoms with E-state index in [0.29, 0.717) is 23.3 Å². The van der Waals surface area contributed by atoms with E-state index in [1.165, 1.54) is 23.8 Å². The van der Waals surface area contributed by atoms with Crippen molar-refractivity contribution in [2.45, 2.75) is 39.0 Å². The highest BCUT2D eigenvalue weighted by atomic mass is 19.4. The van der Waals surface area contributed by atoms with E-state index in [2.05, 4.69) is 10.00 Å². The molecule has 1 aliphatic heterocycles. The zero-order valence-electron chi connectivity index (χ0n) is 20.6. The maximum atomic E-state index is 13.8. The van der Waals surface area contributed by atoms with Gasteiger partial charge in [-0.05, 0) is 44.0 Å². The van der Waals surface area contributed by atoms with Crippen LogP contribution < -0.4 is 15.3 Å². The van der Waals surface area contributed by atoms with Crippen LogP contribution in [-0.4, -0.2) is 39.1 Å². The summed E-state index contributed by atoms with van der Waals surface area (Å²) in [6.07, 6.45) is -3.80. The lowest BCUT2D eigenvalue weighted by atomic mass is 10.1. The maximum absolute atomic E-state index is 13.8. The first-order valence-corrected chi connectivity index (χ1v) is 11.8. The highest BCUT2D eigenvalue weighted by Crippen LogP contribution is 2.35. The number of aryl methyl sites for hydroxylation is 2. The molecular weight excluding hydrogens is 471 g/mol. The van der Waals surface area contributed by atoms with Crippen molar-refractivity contribution in [3.8, 4) is 5.75 Å². The molecule has 0 radical (unpaired) electrons. The molecule has 1 atom stereocenters. The van der Waals surface area contributed by atoms with Gasteiger partial charge < -0.3 is 9.64 Å². The third-order valence-corrected chi connectivity index (χ3v) is 7.13. The Morgan fingerprint density at radius 2 is 1.86 bits per heavy atom. The van der Waals surface area contributed by atoms with E-state index in [0.717, 1.165) is 36.1 Å². The van der Waals surface area contributed by atoms with E-state index in [9.17, 15) is 18.0 Å². The lowest BCUT2D eigenvalue weighted by Crippen LogP contribution is -2.30. The SMILES string of the molecule is COc1cccc2c1n(Cc1ccccc1C(F)(F)F)c(=O)n2[C@@H]1CCN(c2c(C)c(C)nn2C)C1. The molecule has 3 heterocycles. The summed E-state index contributed by atoms with van der Waals surface area (Å²) in [5.41, 5.74) is 2.13. The third-order valence-electron chi connectivity index (χ3n) is 7.13. The normalized spacial score (nSPS) is 16.3. The van der Waals surface area contributed by atoms with Crippen LogP contribution in [0.3, 0.4) is 0 Å². The Morgan fingerprint density at radius 1 is 1.11 bits per heavy atom. The van der Waals surface area contributed by atoms with Crippen molar-refractivity contribution in [3.63, 3.8) is 0 Å². The van der Waals surface area contributed by atoms with Crippen LogP contribution in [0.1, 0.15) is 34.8 Å². The number of imidazole rings is 1. The van der Waals surface area contributed by atoms with E-state index in [1.807, 2.05) is 31.6 Å². The molecule has 1 aliphatic rings. The van der Waals surface area contributed by atoms with E-state index in [4.69, 9.17) is 4.74 Å². The molecule has 0 saturated carbocycles. The summed E-state index contributed by atoms with van der Waals surface area (Å²) in [5, 5.41) is 4.52. The molecule has 10 heteroatoms. The summed E-state index contributed by atoms with van der Waals surface area (Å²) >= 11 is 0. The second kappa shape index (κ2) is 8.76. The molecule has 0 amide bonds. The predicted molar refractivity (Wildman–Crippen MR) is 132 cm³/mol. The first-order valence-electron chi connectivity index (χ1n) is 11.8. The number of aromatic nitrogens is 4. The summed E-state index contributed by atoms with van der Waals surface area (Å²) < 4.78 is 51.6. The highest BCUT2D eigenvalue weighted by Gasteiger charge is 2.34. The first-order chi connectivity index (χ1) is 17.1. The van der Waals surface area contributed by atoms with Gasteiger partial charge in [0.25, 0.3) is 0 Å². The standard InChI is InChI=1S/C26H28F3N5O2/c1-16-17(2)30-31(3)24(16)32-13-12-19(15-32)34-21-10-7-11-22(36-4)23(21)33(25(34)35)14-18-8-5-6-9-20(18)26(27,28)29/h5-11,19H,12-15H2,1-4H3/t19-/m1/s1. The van der Waals surface area contributed by atoms with Crippen LogP contribution in [0.25, 0.3) is 11.0 Å². The molecule has 36 heavy (non-hydrogen) atoms. The fourth-order valence-corrected chi connectivity index (χ4v) is 5.41. The number of benzene rings is 2. The van der Waals surface area contributed by atoms with E-state index < -0.39 is 11.7 Å². The minimum Gasteiger partial charge on any atom is -0.494 e. The van der Waals surface area contributed by atoms with Crippen LogP contribution in [-0.2, 0) is 19.8 Å². The molecule has 0 N–H and O–H groups in total. The number of nitrogens with zero attached hydrogens (tertiary/aromatic N) is 5. The number of halogens is 3. The minimum absolute atomic E-state index is 0.0334. The number of methoxy groups -OCH3 is 1. The van der Waals surface area contributed by atoms with Crippen LogP contribution in [0.4, 0.5) is 19.0 Å². The van der Waals surface area contributed by atoms with Gasteiger partial charge in [0.05, 0.1) is 36.5 Å². The van der Waals surface area contributed by atoms with Gasteiger partial charge in [-0.1, -0.05) is 24.3 Å². The number of hydrogen-bond acceptors (Lipinski definition) is 4. The second-order valence-corrected chi connectivity index (χ2v) is 9.27. The van der Waals surface area contributed by atoms with Crippen molar-refractivity contribution >= 4 is 16.9 Å². The Morgan fingerprint density at radius 3 is 2.53 bits per heavy atom. The van der Waals surface area contributed by atoms with Gasteiger partial charge in [0, 0.05) is 25.7 Å². The molecule has 2 aromatic carbocycles. The Hall–Kier alpha value is -3.69. The Labute approximate surface area is 206 Å². The van der Waals surface area contributed by atoms with Crippen molar-refractivity contribution in [1.29, 1.82) is 0 Å². The van der Waals surface area contributed by atoms with Crippen LogP contribution in [0.5, 0.6) is 5.75 Å². The minimum atomic E-state index is -4.52. The number of anilines is 1. The van der Waals surface area contributed by atoms with E-state index in [1.54, 1.807) is 22.8 Å². The van der Waals surface area contributed by atoms with Crippen molar-refractivity contribution in [2.75, 3.05) is 25.1 Å². The quantitative estimate of drug-likeness (QED) is 0.400. The number of para-hydroxylation sites is 1. The smallest absolute Gasteiger partial charge is 0.416 e. The first kappa shape index (κ1) is 24.0. The zero-order chi connectivity index (χ0) is 25.8. The molecule has 1 saturated heterocycles.